The van der Waals surface area contributed by atoms with Gasteiger partial charge in [-0.05, 0) is 158 Å². The van der Waals surface area contributed by atoms with Crippen LogP contribution in [-0.4, -0.2) is 41.6 Å². The number of ether oxygens (including phenoxy) is 2. The predicted molar refractivity (Wildman–Crippen MR) is 218 cm³/mol. The van der Waals surface area contributed by atoms with Crippen LogP contribution in [0.5, 0.6) is 5.75 Å². The standard InChI is InChI=1S/C48H63ClN2O5/c1-26(2)42-39(53)23-48(45-51-50-44(56-45)35-9-8-32(49)22-40(35)55-33-15-19-54-25-33)18-14-38-34(43(42)48)10-11-41-46(6)16-12-30(29(5)37(46)13-17-47(38,41)7)20-27(3)36-21-31(24-52)28(36)4/h8-9,22,24,26,28-31,33-34,36-38,41H,3,10-21,23,25H2,1-2,4-7H3. The second-order valence-corrected chi connectivity index (χ2v) is 20.8. The van der Waals surface area contributed by atoms with Crippen molar-refractivity contribution in [2.24, 2.45) is 70.0 Å². The third kappa shape index (κ3) is 5.88. The average molecular weight is 783 g/mol. The molecular formula is C48H63ClN2O5. The lowest BCUT2D eigenvalue weighted by Crippen LogP contribution is -2.60. The normalized spacial score (nSPS) is 41.8. The fourth-order valence-corrected chi connectivity index (χ4v) is 14.8. The second kappa shape index (κ2) is 14.2. The van der Waals surface area contributed by atoms with E-state index in [-0.39, 0.29) is 29.1 Å². The number of carbonyl (C=O) groups excluding carboxylic acids is 2. The zero-order valence-corrected chi connectivity index (χ0v) is 35.3. The molecule has 1 aromatic heterocycles. The minimum Gasteiger partial charge on any atom is -0.487 e. The van der Waals surface area contributed by atoms with Crippen molar-refractivity contribution in [3.05, 3.63) is 52.4 Å². The van der Waals surface area contributed by atoms with Crippen molar-refractivity contribution in [2.75, 3.05) is 13.2 Å². The van der Waals surface area contributed by atoms with Gasteiger partial charge in [-0.15, -0.1) is 10.2 Å². The zero-order valence-electron chi connectivity index (χ0n) is 34.6. The molecule has 7 nitrogen and oxygen atoms in total. The molecule has 5 saturated carbocycles. The Hall–Kier alpha value is -2.77. The van der Waals surface area contributed by atoms with Gasteiger partial charge in [0.25, 0.3) is 5.89 Å². The van der Waals surface area contributed by atoms with Gasteiger partial charge in [0, 0.05) is 23.8 Å². The van der Waals surface area contributed by atoms with Gasteiger partial charge in [-0.1, -0.05) is 65.3 Å². The van der Waals surface area contributed by atoms with Crippen molar-refractivity contribution < 1.29 is 23.5 Å². The molecule has 56 heavy (non-hydrogen) atoms. The van der Waals surface area contributed by atoms with E-state index in [1.807, 2.05) is 18.2 Å². The predicted octanol–water partition coefficient (Wildman–Crippen LogP) is 11.0. The number of ketones is 1. The number of halogens is 1. The van der Waals surface area contributed by atoms with Gasteiger partial charge in [-0.2, -0.15) is 0 Å². The van der Waals surface area contributed by atoms with Crippen LogP contribution in [0, 0.1) is 70.0 Å². The SMILES string of the molecule is C=C(CC1CCC2(C)C(CCC3(C)C4CCC5(c6nnc(-c7ccc(Cl)cc7OC7CCOC7)o6)CC(=O)C(C(C)C)=C5C4CCC32)C1C)C1CC(C=O)C1C. The summed E-state index contributed by atoms with van der Waals surface area (Å²) >= 11 is 6.45. The van der Waals surface area contributed by atoms with Gasteiger partial charge < -0.3 is 18.7 Å². The largest absolute Gasteiger partial charge is 0.487 e. The number of carbonyl (C=O) groups is 2. The van der Waals surface area contributed by atoms with Gasteiger partial charge in [0.2, 0.25) is 5.89 Å². The van der Waals surface area contributed by atoms with Crippen molar-refractivity contribution in [3.63, 3.8) is 0 Å². The maximum atomic E-state index is 14.2. The van der Waals surface area contributed by atoms with E-state index in [2.05, 4.69) is 53.2 Å². The molecule has 302 valence electrons. The molecule has 2 aromatic rings. The summed E-state index contributed by atoms with van der Waals surface area (Å²) in [5, 5.41) is 10.0. The van der Waals surface area contributed by atoms with E-state index in [0.29, 0.717) is 89.0 Å². The molecule has 13 atom stereocenters. The first-order valence-electron chi connectivity index (χ1n) is 22.1. The Balaban J connectivity index is 0.986. The summed E-state index contributed by atoms with van der Waals surface area (Å²) < 4.78 is 18.7. The van der Waals surface area contributed by atoms with Crippen LogP contribution in [0.15, 0.2) is 45.9 Å². The maximum absolute atomic E-state index is 14.2. The van der Waals surface area contributed by atoms with Gasteiger partial charge in [-0.25, -0.2) is 0 Å². The number of hydrogen-bond acceptors (Lipinski definition) is 7. The summed E-state index contributed by atoms with van der Waals surface area (Å²) in [6.07, 6.45) is 13.9. The van der Waals surface area contributed by atoms with Gasteiger partial charge in [-0.3, -0.25) is 4.79 Å². The molecule has 13 unspecified atom stereocenters. The van der Waals surface area contributed by atoms with E-state index >= 15 is 0 Å². The van der Waals surface area contributed by atoms with E-state index < -0.39 is 5.41 Å². The van der Waals surface area contributed by atoms with Crippen LogP contribution in [0.25, 0.3) is 11.5 Å². The van der Waals surface area contributed by atoms with E-state index in [0.717, 1.165) is 61.9 Å². The van der Waals surface area contributed by atoms with Crippen molar-refractivity contribution in [1.29, 1.82) is 0 Å². The molecule has 1 saturated heterocycles. The van der Waals surface area contributed by atoms with Crippen molar-refractivity contribution in [1.82, 2.24) is 10.2 Å². The fourth-order valence-electron chi connectivity index (χ4n) is 14.7. The van der Waals surface area contributed by atoms with E-state index in [9.17, 15) is 9.59 Å². The smallest absolute Gasteiger partial charge is 0.251 e. The van der Waals surface area contributed by atoms with Crippen molar-refractivity contribution in [3.8, 4) is 17.2 Å². The Morgan fingerprint density at radius 2 is 1.79 bits per heavy atom. The van der Waals surface area contributed by atoms with Crippen LogP contribution in [0.4, 0.5) is 0 Å². The first kappa shape index (κ1) is 38.7. The lowest BCUT2D eigenvalue weighted by Gasteiger charge is -2.67. The maximum Gasteiger partial charge on any atom is 0.251 e. The Morgan fingerprint density at radius 1 is 1.02 bits per heavy atom. The molecule has 0 N–H and O–H groups in total. The lowest BCUT2D eigenvalue weighted by atomic mass is 9.37. The zero-order chi connectivity index (χ0) is 39.3. The number of hydrogen-bond donors (Lipinski definition) is 0. The Bertz CT molecular complexity index is 1930. The third-order valence-corrected chi connectivity index (χ3v) is 17.8. The highest BCUT2D eigenvalue weighted by Crippen LogP contribution is 2.72. The number of aldehydes is 1. The highest BCUT2D eigenvalue weighted by Gasteiger charge is 2.66. The molecule has 0 spiro atoms. The molecule has 1 aliphatic heterocycles. The fraction of sp³-hybridized carbons (Fsp3) is 0.708. The number of allylic oxidation sites excluding steroid dienone is 3. The number of benzene rings is 1. The summed E-state index contributed by atoms with van der Waals surface area (Å²) in [7, 11) is 0. The topological polar surface area (TPSA) is 91.5 Å². The summed E-state index contributed by atoms with van der Waals surface area (Å²) in [5.74, 6) is 6.86. The minimum absolute atomic E-state index is 0.0506. The monoisotopic (exact) mass is 782 g/mol. The van der Waals surface area contributed by atoms with Crippen molar-refractivity contribution in [2.45, 2.75) is 130 Å². The average Bonchev–Trinajstić information content (AvgIpc) is 3.92. The van der Waals surface area contributed by atoms with Gasteiger partial charge >= 0.3 is 0 Å². The summed E-state index contributed by atoms with van der Waals surface area (Å²) in [4.78, 5) is 25.7. The van der Waals surface area contributed by atoms with Crippen LogP contribution in [-0.2, 0) is 19.7 Å². The summed E-state index contributed by atoms with van der Waals surface area (Å²) in [5.41, 5.74) is 4.48. The van der Waals surface area contributed by atoms with Crippen LogP contribution in [0.3, 0.4) is 0 Å². The molecular weight excluding hydrogens is 720 g/mol. The van der Waals surface area contributed by atoms with Crippen LogP contribution in [0.1, 0.15) is 124 Å². The van der Waals surface area contributed by atoms with Crippen LogP contribution < -0.4 is 4.74 Å². The van der Waals surface area contributed by atoms with Gasteiger partial charge in [0.15, 0.2) is 5.78 Å². The molecule has 0 amide bonds. The first-order valence-corrected chi connectivity index (χ1v) is 22.5. The number of nitrogens with zero attached hydrogens (tertiary/aromatic N) is 2. The third-order valence-electron chi connectivity index (χ3n) is 17.6. The van der Waals surface area contributed by atoms with E-state index in [1.54, 1.807) is 0 Å². The Morgan fingerprint density at radius 3 is 2.52 bits per heavy atom. The first-order chi connectivity index (χ1) is 26.8. The molecule has 8 heteroatoms. The molecule has 9 rings (SSSR count). The van der Waals surface area contributed by atoms with Crippen LogP contribution >= 0.6 is 11.6 Å². The summed E-state index contributed by atoms with van der Waals surface area (Å²) in [6.45, 7) is 20.4. The quantitative estimate of drug-likeness (QED) is 0.185. The summed E-state index contributed by atoms with van der Waals surface area (Å²) in [6, 6.07) is 5.56. The van der Waals surface area contributed by atoms with E-state index in [4.69, 9.17) is 30.6 Å². The second-order valence-electron chi connectivity index (χ2n) is 20.4. The van der Waals surface area contributed by atoms with E-state index in [1.165, 1.54) is 43.3 Å². The number of Topliss-reactive ketones (excluding diaryl/α,β-unsaturated/α-hetero) is 1. The molecule has 0 radical (unpaired) electrons. The number of rotatable bonds is 9. The Kier molecular flexibility index (Phi) is 9.83. The molecule has 0 bridgehead atoms. The molecule has 2 heterocycles. The number of aromatic nitrogens is 2. The highest BCUT2D eigenvalue weighted by molar-refractivity contribution is 6.30. The van der Waals surface area contributed by atoms with Gasteiger partial charge in [0.1, 0.15) is 18.1 Å². The molecule has 6 aliphatic carbocycles. The Labute approximate surface area is 339 Å². The molecule has 7 aliphatic rings. The molecule has 1 aromatic carbocycles. The minimum atomic E-state index is -0.557. The van der Waals surface area contributed by atoms with Crippen LogP contribution in [0.2, 0.25) is 5.02 Å². The highest BCUT2D eigenvalue weighted by atomic mass is 35.5. The number of fused-ring (bicyclic) bond motifs is 7. The van der Waals surface area contributed by atoms with Gasteiger partial charge in [0.05, 0.1) is 24.2 Å². The molecule has 6 fully saturated rings. The lowest BCUT2D eigenvalue weighted by molar-refractivity contribution is -0.168. The van der Waals surface area contributed by atoms with Crippen molar-refractivity contribution >= 4 is 23.7 Å².